The molecule has 2 aliphatic rings. The third-order valence-electron chi connectivity index (χ3n) is 6.76. The van der Waals surface area contributed by atoms with Gasteiger partial charge in [-0.25, -0.2) is 25.1 Å². The fraction of sp³-hybridized carbons (Fsp3) is 0.360. The van der Waals surface area contributed by atoms with Gasteiger partial charge in [-0.3, -0.25) is 24.7 Å². The smallest absolute Gasteiger partial charge is 0.352 e. The second-order valence-electron chi connectivity index (χ2n) is 10.3. The molecule has 2 aliphatic heterocycles. The molecule has 0 aliphatic carbocycles. The molecule has 3 aromatic rings. The summed E-state index contributed by atoms with van der Waals surface area (Å²) in [6.45, 7) is 4.33. The molecule has 0 aromatic carbocycles. The van der Waals surface area contributed by atoms with Crippen LogP contribution in [0.4, 0.5) is 5.13 Å². The molecule has 45 heavy (non-hydrogen) atoms. The van der Waals surface area contributed by atoms with Gasteiger partial charge in [0.25, 0.3) is 17.7 Å². The van der Waals surface area contributed by atoms with Crippen molar-refractivity contribution in [2.24, 2.45) is 11.0 Å². The Morgan fingerprint density at radius 2 is 2.07 bits per heavy atom. The zero-order chi connectivity index (χ0) is 32.6. The lowest BCUT2D eigenvalue weighted by Crippen LogP contribution is -2.71. The minimum absolute atomic E-state index is 0.0491. The number of carbonyl (C=O) groups excluding carboxylic acids is 3. The maximum Gasteiger partial charge on any atom is 0.352 e. The van der Waals surface area contributed by atoms with Crippen LogP contribution in [0, 0.1) is 6.92 Å². The van der Waals surface area contributed by atoms with Crippen LogP contribution in [0.1, 0.15) is 30.8 Å². The van der Waals surface area contributed by atoms with Gasteiger partial charge < -0.3 is 26.1 Å². The van der Waals surface area contributed by atoms with Gasteiger partial charge in [-0.15, -0.1) is 34.9 Å². The number of aliphatic hydroxyl groups is 1. The van der Waals surface area contributed by atoms with Crippen molar-refractivity contribution in [3.63, 3.8) is 0 Å². The number of β-lactam (4-membered cyclic amide) rings is 1. The quantitative estimate of drug-likeness (QED) is 0.0287. The van der Waals surface area contributed by atoms with Crippen LogP contribution >= 0.6 is 34.9 Å². The highest BCUT2D eigenvalue weighted by Crippen LogP contribution is 2.41. The summed E-state index contributed by atoms with van der Waals surface area (Å²) in [7, 11) is 0. The number of nitrogens with zero attached hydrogens (tertiary/aromatic N) is 6. The highest BCUT2D eigenvalue weighted by molar-refractivity contribution is 8.01. The maximum absolute atomic E-state index is 13.4. The minimum atomic E-state index is -1.56. The Bertz CT molecular complexity index is 1770. The lowest BCUT2D eigenvalue weighted by atomic mass is 10.0. The normalized spacial score (nSPS) is 18.5. The number of aliphatic hydroxyl groups excluding tert-OH is 1. The number of aliphatic carboxylic acids is 1. The number of carbonyl (C=O) groups is 4. The van der Waals surface area contributed by atoms with E-state index in [0.717, 1.165) is 16.2 Å². The van der Waals surface area contributed by atoms with Gasteiger partial charge in [-0.1, -0.05) is 5.16 Å². The predicted octanol–water partition coefficient (Wildman–Crippen LogP) is -0.411. The van der Waals surface area contributed by atoms with Crippen LogP contribution in [0.2, 0.25) is 0 Å². The number of fused-ring (bicyclic) bond motifs is 2. The van der Waals surface area contributed by atoms with Crippen LogP contribution in [0.5, 0.6) is 0 Å². The summed E-state index contributed by atoms with van der Waals surface area (Å²) in [6, 6.07) is 0.727. The number of hydrazine groups is 1. The number of nitrogens with two attached hydrogens (primary N) is 2. The molecule has 3 aromatic heterocycles. The van der Waals surface area contributed by atoms with E-state index < -0.39 is 40.7 Å². The molecule has 2 atom stereocenters. The van der Waals surface area contributed by atoms with Crippen molar-refractivity contribution in [1.82, 2.24) is 35.2 Å². The third kappa shape index (κ3) is 6.18. The van der Waals surface area contributed by atoms with Gasteiger partial charge in [0.05, 0.1) is 12.8 Å². The molecule has 5 rings (SSSR count). The number of thioether (sulfide) groups is 2. The number of carboxylic acid groups (broad SMARTS) is 1. The molecule has 0 bridgehead atoms. The molecule has 1 unspecified atom stereocenters. The SMILES string of the molecule is Cc1cc(SCC2=C(C(=O)O)N3C(=O)C(NC(=O)/C(=N\OC(C)(C)C(=O)NN)c4csc(N)n4)[C@H]3SC2)n2ncc(CO)c2n1. The van der Waals surface area contributed by atoms with Gasteiger partial charge in [-0.2, -0.15) is 5.10 Å². The highest BCUT2D eigenvalue weighted by atomic mass is 32.2. The van der Waals surface area contributed by atoms with Crippen LogP contribution in [0.15, 0.2) is 39.1 Å². The van der Waals surface area contributed by atoms with E-state index >= 15 is 0 Å². The number of nitrogens with one attached hydrogen (secondary N) is 2. The number of rotatable bonds is 11. The van der Waals surface area contributed by atoms with Crippen molar-refractivity contribution < 1.29 is 34.2 Å². The zero-order valence-electron chi connectivity index (χ0n) is 24.0. The van der Waals surface area contributed by atoms with Crippen molar-refractivity contribution in [3.05, 3.63) is 45.9 Å². The second-order valence-corrected chi connectivity index (χ2v) is 13.3. The Hall–Kier alpha value is -4.24. The molecule has 0 radical (unpaired) electrons. The first kappa shape index (κ1) is 32.2. The Labute approximate surface area is 267 Å². The number of aryl methyl sites for hydroxylation is 1. The molecule has 0 saturated carbocycles. The summed E-state index contributed by atoms with van der Waals surface area (Å²) in [5, 5.41) is 32.0. The van der Waals surface area contributed by atoms with Crippen LogP contribution in [-0.4, -0.2) is 92.6 Å². The molecule has 1 fully saturated rings. The van der Waals surface area contributed by atoms with Crippen LogP contribution < -0.4 is 22.3 Å². The number of hydrogen-bond donors (Lipinski definition) is 6. The van der Waals surface area contributed by atoms with E-state index in [1.165, 1.54) is 48.9 Å². The summed E-state index contributed by atoms with van der Waals surface area (Å²) < 4.78 is 1.58. The van der Waals surface area contributed by atoms with E-state index in [0.29, 0.717) is 27.5 Å². The summed E-state index contributed by atoms with van der Waals surface area (Å²) in [5.74, 6) is 2.25. The maximum atomic E-state index is 13.4. The topological polar surface area (TPSA) is 253 Å². The summed E-state index contributed by atoms with van der Waals surface area (Å²) in [6.07, 6.45) is 1.52. The standard InChI is InChI=1S/C25H28N10O7S3/c1-10-4-14(35-18(29-10)11(6-36)5-28-35)43-7-12-8-44-21-16(20(38)34(21)17(12)22(39)40)31-19(37)15(13-9-45-24(26)30-13)33-42-25(2,3)23(41)32-27/h4-5,9,16,21,36H,6-8,27H2,1-3H3,(H2,26,30)(H,31,37)(H,32,41)(H,39,40)/b33-15-/t16?,21-/m1/s1. The van der Waals surface area contributed by atoms with E-state index in [9.17, 15) is 29.4 Å². The van der Waals surface area contributed by atoms with Crippen LogP contribution in [-0.2, 0) is 30.6 Å². The second kappa shape index (κ2) is 12.6. The lowest BCUT2D eigenvalue weighted by Gasteiger charge is -2.49. The van der Waals surface area contributed by atoms with Crippen LogP contribution in [0.25, 0.3) is 5.65 Å². The molecule has 0 spiro atoms. The molecule has 17 nitrogen and oxygen atoms in total. The molecule has 1 saturated heterocycles. The first-order valence-corrected chi connectivity index (χ1v) is 16.0. The summed E-state index contributed by atoms with van der Waals surface area (Å²) >= 11 is 3.66. The van der Waals surface area contributed by atoms with E-state index in [1.54, 1.807) is 17.5 Å². The molecule has 238 valence electrons. The van der Waals surface area contributed by atoms with Crippen molar-refractivity contribution in [1.29, 1.82) is 0 Å². The molecule has 20 heteroatoms. The number of oxime groups is 1. The number of nitrogen functional groups attached to an aromatic ring is 1. The molecule has 5 heterocycles. The van der Waals surface area contributed by atoms with E-state index in [2.05, 4.69) is 25.5 Å². The number of thiazole rings is 1. The molecule has 3 amide bonds. The van der Waals surface area contributed by atoms with Crippen LogP contribution in [0.3, 0.4) is 0 Å². The first-order valence-electron chi connectivity index (χ1n) is 13.1. The van der Waals surface area contributed by atoms with Gasteiger partial charge in [0.15, 0.2) is 16.5 Å². The Morgan fingerprint density at radius 1 is 1.31 bits per heavy atom. The van der Waals surface area contributed by atoms with Crippen molar-refractivity contribution in [3.8, 4) is 0 Å². The molecular weight excluding hydrogens is 649 g/mol. The number of aromatic nitrogens is 4. The number of hydrogen-bond acceptors (Lipinski definition) is 15. The minimum Gasteiger partial charge on any atom is -0.477 e. The van der Waals surface area contributed by atoms with Gasteiger partial charge in [-0.05, 0) is 32.4 Å². The third-order valence-corrected chi connectivity index (χ3v) is 9.86. The van der Waals surface area contributed by atoms with Gasteiger partial charge >= 0.3 is 5.97 Å². The van der Waals surface area contributed by atoms with Crippen molar-refractivity contribution in [2.45, 2.75) is 49.4 Å². The monoisotopic (exact) mass is 676 g/mol. The fourth-order valence-corrected chi connectivity index (χ4v) is 7.54. The van der Waals surface area contributed by atoms with E-state index in [4.69, 9.17) is 16.4 Å². The first-order chi connectivity index (χ1) is 21.4. The van der Waals surface area contributed by atoms with Gasteiger partial charge in [0.2, 0.25) is 5.60 Å². The van der Waals surface area contributed by atoms with E-state index in [1.807, 2.05) is 5.43 Å². The Morgan fingerprint density at radius 3 is 2.71 bits per heavy atom. The van der Waals surface area contributed by atoms with Gasteiger partial charge in [0.1, 0.15) is 27.8 Å². The van der Waals surface area contributed by atoms with E-state index in [-0.39, 0.29) is 40.3 Å². The molecular formula is C25H28N10O7S3. The van der Waals surface area contributed by atoms with Crippen molar-refractivity contribution in [2.75, 3.05) is 17.2 Å². The Balaban J connectivity index is 1.34. The zero-order valence-corrected chi connectivity index (χ0v) is 26.5. The summed E-state index contributed by atoms with van der Waals surface area (Å²) in [4.78, 5) is 66.1. The fourth-order valence-electron chi connectivity index (χ4n) is 4.45. The number of anilines is 1. The summed E-state index contributed by atoms with van der Waals surface area (Å²) in [5.41, 5.74) is 7.94. The largest absolute Gasteiger partial charge is 0.477 e. The lowest BCUT2D eigenvalue weighted by molar-refractivity contribution is -0.150. The number of amides is 3. The average Bonchev–Trinajstić information content (AvgIpc) is 3.63. The average molecular weight is 677 g/mol. The molecule has 8 N–H and O–H groups in total. The van der Waals surface area contributed by atoms with Gasteiger partial charge in [0, 0.05) is 28.1 Å². The number of carboxylic acids is 1. The Kier molecular flexibility index (Phi) is 9.03. The van der Waals surface area contributed by atoms with Crippen molar-refractivity contribution >= 4 is 75.0 Å². The highest BCUT2D eigenvalue weighted by Gasteiger charge is 2.54. The predicted molar refractivity (Wildman–Crippen MR) is 165 cm³/mol.